The van der Waals surface area contributed by atoms with E-state index in [-0.39, 0.29) is 44.2 Å². The standard InChI is InChI=1S/C25H32N2O7S/c28-11-12-35-16-21-14-22(18-9-7-17(15-29)8-10-18)34-25(33-21)19-3-1-4-20(13-19)26-23(30)5-2-6-24(31)27-32/h1,3-4,7-10,13,21-22,25,28-29,32H,2,5-6,11-12,14-16H2,(H,26,30)(H,27,31). The molecule has 0 spiro atoms. The number of hydroxylamine groups is 1. The maximum atomic E-state index is 12.2. The lowest BCUT2D eigenvalue weighted by atomic mass is 10.0. The molecule has 1 fully saturated rings. The highest BCUT2D eigenvalue weighted by Gasteiger charge is 2.32. The molecule has 1 saturated heterocycles. The summed E-state index contributed by atoms with van der Waals surface area (Å²) in [4.78, 5) is 23.3. The highest BCUT2D eigenvalue weighted by Crippen LogP contribution is 2.39. The van der Waals surface area contributed by atoms with Gasteiger partial charge in [0.05, 0.1) is 25.4 Å². The third-order valence-corrected chi connectivity index (χ3v) is 6.61. The van der Waals surface area contributed by atoms with E-state index < -0.39 is 12.2 Å². The molecule has 0 radical (unpaired) electrons. The number of carbonyl (C=O) groups excluding carboxylic acids is 2. The molecule has 2 aromatic rings. The topological polar surface area (TPSA) is 137 Å². The van der Waals surface area contributed by atoms with E-state index in [0.29, 0.717) is 30.0 Å². The Bertz CT molecular complexity index is 957. The van der Waals surface area contributed by atoms with E-state index >= 15 is 0 Å². The number of hydrogen-bond donors (Lipinski definition) is 5. The molecule has 0 aromatic heterocycles. The maximum Gasteiger partial charge on any atom is 0.243 e. The van der Waals surface area contributed by atoms with E-state index in [0.717, 1.165) is 16.7 Å². The van der Waals surface area contributed by atoms with Gasteiger partial charge in [-0.2, -0.15) is 11.8 Å². The molecule has 1 aliphatic heterocycles. The van der Waals surface area contributed by atoms with E-state index in [4.69, 9.17) is 19.8 Å². The highest BCUT2D eigenvalue weighted by molar-refractivity contribution is 7.99. The Balaban J connectivity index is 1.69. The molecule has 5 N–H and O–H groups in total. The second-order valence-corrected chi connectivity index (χ2v) is 9.36. The molecular weight excluding hydrogens is 472 g/mol. The van der Waals surface area contributed by atoms with Crippen molar-refractivity contribution in [3.8, 4) is 0 Å². The minimum absolute atomic E-state index is 0.0227. The number of anilines is 1. The van der Waals surface area contributed by atoms with E-state index in [1.165, 1.54) is 0 Å². The molecule has 0 aliphatic carbocycles. The average molecular weight is 505 g/mol. The second-order valence-electron chi connectivity index (χ2n) is 8.21. The van der Waals surface area contributed by atoms with Crippen LogP contribution in [0.15, 0.2) is 48.5 Å². The van der Waals surface area contributed by atoms with E-state index in [1.807, 2.05) is 36.4 Å². The zero-order valence-corrected chi connectivity index (χ0v) is 20.2. The summed E-state index contributed by atoms with van der Waals surface area (Å²) in [6, 6.07) is 14.9. The van der Waals surface area contributed by atoms with Crippen LogP contribution in [0.5, 0.6) is 0 Å². The third-order valence-electron chi connectivity index (χ3n) is 5.53. The van der Waals surface area contributed by atoms with Gasteiger partial charge in [-0.25, -0.2) is 5.48 Å². The van der Waals surface area contributed by atoms with Gasteiger partial charge >= 0.3 is 0 Å². The van der Waals surface area contributed by atoms with Crippen LogP contribution in [-0.4, -0.2) is 51.5 Å². The highest BCUT2D eigenvalue weighted by atomic mass is 32.2. The van der Waals surface area contributed by atoms with Crippen molar-refractivity contribution < 1.29 is 34.5 Å². The summed E-state index contributed by atoms with van der Waals surface area (Å²) in [6.07, 6.45) is 0.229. The largest absolute Gasteiger partial charge is 0.396 e. The summed E-state index contributed by atoms with van der Waals surface area (Å²) in [5, 5.41) is 29.8. The second kappa shape index (κ2) is 14.2. The van der Waals surface area contributed by atoms with Crippen LogP contribution in [0.2, 0.25) is 0 Å². The molecule has 2 amide bonds. The minimum Gasteiger partial charge on any atom is -0.396 e. The normalized spacial score (nSPS) is 19.8. The minimum atomic E-state index is -0.643. The van der Waals surface area contributed by atoms with E-state index in [1.54, 1.807) is 29.4 Å². The summed E-state index contributed by atoms with van der Waals surface area (Å²) in [5.74, 6) is 0.573. The van der Waals surface area contributed by atoms with Crippen LogP contribution in [0.1, 0.15) is 54.8 Å². The predicted molar refractivity (Wildman–Crippen MR) is 132 cm³/mol. The quantitative estimate of drug-likeness (QED) is 0.169. The first-order chi connectivity index (χ1) is 17.0. The Morgan fingerprint density at radius 1 is 1.00 bits per heavy atom. The fourth-order valence-electron chi connectivity index (χ4n) is 3.75. The van der Waals surface area contributed by atoms with Crippen molar-refractivity contribution in [3.63, 3.8) is 0 Å². The van der Waals surface area contributed by atoms with Crippen molar-refractivity contribution in [1.82, 2.24) is 5.48 Å². The van der Waals surface area contributed by atoms with Gasteiger partial charge in [-0.3, -0.25) is 14.8 Å². The zero-order valence-electron chi connectivity index (χ0n) is 19.4. The van der Waals surface area contributed by atoms with Crippen LogP contribution >= 0.6 is 11.8 Å². The average Bonchev–Trinajstić information content (AvgIpc) is 2.88. The summed E-state index contributed by atoms with van der Waals surface area (Å²) in [7, 11) is 0. The van der Waals surface area contributed by atoms with Crippen LogP contribution < -0.4 is 10.8 Å². The van der Waals surface area contributed by atoms with Crippen LogP contribution in [0.4, 0.5) is 5.69 Å². The van der Waals surface area contributed by atoms with Gasteiger partial charge in [0.2, 0.25) is 11.8 Å². The SMILES string of the molecule is O=C(CCCC(=O)Nc1cccc(C2OC(CSCCO)CC(c3ccc(CO)cc3)O2)c1)NO. The molecule has 9 nitrogen and oxygen atoms in total. The van der Waals surface area contributed by atoms with Crippen molar-refractivity contribution in [2.45, 2.75) is 50.8 Å². The summed E-state index contributed by atoms with van der Waals surface area (Å²) in [5.41, 5.74) is 4.72. The zero-order chi connectivity index (χ0) is 25.0. The number of amides is 2. The first-order valence-electron chi connectivity index (χ1n) is 11.5. The molecule has 0 saturated carbocycles. The van der Waals surface area contributed by atoms with Gasteiger partial charge in [-0.05, 0) is 29.7 Å². The number of benzene rings is 2. The number of aliphatic hydroxyl groups excluding tert-OH is 2. The number of thioether (sulfide) groups is 1. The Kier molecular flexibility index (Phi) is 11.0. The number of nitrogens with one attached hydrogen (secondary N) is 2. The Labute approximate surface area is 208 Å². The van der Waals surface area contributed by atoms with Crippen molar-refractivity contribution in [3.05, 3.63) is 65.2 Å². The van der Waals surface area contributed by atoms with E-state index in [2.05, 4.69) is 5.32 Å². The monoisotopic (exact) mass is 504 g/mol. The smallest absolute Gasteiger partial charge is 0.243 e. The molecule has 190 valence electrons. The molecule has 10 heteroatoms. The molecule has 0 bridgehead atoms. The van der Waals surface area contributed by atoms with Crippen molar-refractivity contribution >= 4 is 29.3 Å². The van der Waals surface area contributed by atoms with Gasteiger partial charge < -0.3 is 25.0 Å². The molecule has 1 heterocycles. The molecule has 1 aliphatic rings. The first-order valence-corrected chi connectivity index (χ1v) is 12.7. The van der Waals surface area contributed by atoms with Gasteiger partial charge in [0.1, 0.15) is 0 Å². The number of ether oxygens (including phenoxy) is 2. The maximum absolute atomic E-state index is 12.2. The fraction of sp³-hybridized carbons (Fsp3) is 0.440. The first kappa shape index (κ1) is 27.1. The number of carbonyl (C=O) groups is 2. The van der Waals surface area contributed by atoms with Crippen molar-refractivity contribution in [1.29, 1.82) is 0 Å². The Morgan fingerprint density at radius 3 is 2.49 bits per heavy atom. The van der Waals surface area contributed by atoms with Crippen LogP contribution in [0.25, 0.3) is 0 Å². The molecule has 3 unspecified atom stereocenters. The lowest BCUT2D eigenvalue weighted by Gasteiger charge is -2.36. The third kappa shape index (κ3) is 8.60. The van der Waals surface area contributed by atoms with Crippen molar-refractivity contribution in [2.75, 3.05) is 23.4 Å². The lowest BCUT2D eigenvalue weighted by molar-refractivity contribution is -0.245. The summed E-state index contributed by atoms with van der Waals surface area (Å²) in [6.45, 7) is 0.0842. The predicted octanol–water partition coefficient (Wildman–Crippen LogP) is 3.06. The van der Waals surface area contributed by atoms with Crippen LogP contribution in [0, 0.1) is 0 Å². The molecular formula is C25H32N2O7S. The number of hydrogen-bond acceptors (Lipinski definition) is 8. The number of aliphatic hydroxyl groups is 2. The van der Waals surface area contributed by atoms with Crippen LogP contribution in [-0.2, 0) is 25.7 Å². The molecule has 35 heavy (non-hydrogen) atoms. The van der Waals surface area contributed by atoms with Crippen LogP contribution in [0.3, 0.4) is 0 Å². The molecule has 3 rings (SSSR count). The summed E-state index contributed by atoms with van der Waals surface area (Å²) >= 11 is 1.62. The summed E-state index contributed by atoms with van der Waals surface area (Å²) < 4.78 is 12.5. The van der Waals surface area contributed by atoms with Crippen molar-refractivity contribution in [2.24, 2.45) is 0 Å². The number of rotatable bonds is 12. The van der Waals surface area contributed by atoms with Gasteiger partial charge in [0.25, 0.3) is 0 Å². The Morgan fingerprint density at radius 2 is 1.77 bits per heavy atom. The fourth-order valence-corrected chi connectivity index (χ4v) is 4.53. The van der Waals surface area contributed by atoms with Gasteiger partial charge in [0, 0.05) is 42.0 Å². The van der Waals surface area contributed by atoms with Gasteiger partial charge in [-0.15, -0.1) is 0 Å². The van der Waals surface area contributed by atoms with Gasteiger partial charge in [-0.1, -0.05) is 36.4 Å². The van der Waals surface area contributed by atoms with Gasteiger partial charge in [0.15, 0.2) is 6.29 Å². The lowest BCUT2D eigenvalue weighted by Crippen LogP contribution is -2.31. The molecule has 3 atom stereocenters. The molecule has 2 aromatic carbocycles. The Hall–Kier alpha value is -2.47. The van der Waals surface area contributed by atoms with E-state index in [9.17, 15) is 14.7 Å².